The van der Waals surface area contributed by atoms with Crippen LogP contribution >= 0.6 is 23.6 Å². The van der Waals surface area contributed by atoms with Crippen molar-refractivity contribution in [1.82, 2.24) is 19.7 Å². The van der Waals surface area contributed by atoms with E-state index >= 15 is 0 Å². The van der Waals surface area contributed by atoms with Gasteiger partial charge in [-0.15, -0.1) is 11.3 Å². The summed E-state index contributed by atoms with van der Waals surface area (Å²) in [6, 6.07) is 4.82. The lowest BCUT2D eigenvalue weighted by Gasteiger charge is -2.19. The van der Waals surface area contributed by atoms with Gasteiger partial charge in [0.05, 0.1) is 11.5 Å². The molecular formula is C12H16N4S2. The summed E-state index contributed by atoms with van der Waals surface area (Å²) in [6.45, 7) is 4.07. The number of rotatable bonds is 5. The number of hydrogen-bond acceptors (Lipinski definition) is 4. The molecule has 3 rings (SSSR count). The van der Waals surface area contributed by atoms with Crippen LogP contribution in [0.2, 0.25) is 0 Å². The SMILES string of the molecule is CCN(Cn1[nH]c(-c2cccs2)nc1=S)C1CC1. The molecule has 0 radical (unpaired) electrons. The zero-order chi connectivity index (χ0) is 12.5. The maximum atomic E-state index is 5.32. The fourth-order valence-corrected chi connectivity index (χ4v) is 2.93. The summed E-state index contributed by atoms with van der Waals surface area (Å²) in [4.78, 5) is 8.00. The first-order chi connectivity index (χ1) is 8.78. The number of thiophene rings is 1. The molecule has 6 heteroatoms. The Kier molecular flexibility index (Phi) is 3.32. The van der Waals surface area contributed by atoms with Crippen LogP contribution in [-0.4, -0.2) is 32.3 Å². The molecule has 0 saturated heterocycles. The Morgan fingerprint density at radius 2 is 2.44 bits per heavy atom. The maximum Gasteiger partial charge on any atom is 0.217 e. The smallest absolute Gasteiger partial charge is 0.217 e. The van der Waals surface area contributed by atoms with E-state index in [1.165, 1.54) is 12.8 Å². The zero-order valence-corrected chi connectivity index (χ0v) is 11.9. The van der Waals surface area contributed by atoms with Crippen molar-refractivity contribution in [3.63, 3.8) is 0 Å². The minimum atomic E-state index is 0.637. The molecule has 1 aliphatic rings. The van der Waals surface area contributed by atoms with Crippen LogP contribution in [0.25, 0.3) is 10.7 Å². The highest BCUT2D eigenvalue weighted by Crippen LogP contribution is 2.27. The summed E-state index contributed by atoms with van der Waals surface area (Å²) in [5.74, 6) is 0.877. The van der Waals surface area contributed by atoms with Crippen molar-refractivity contribution < 1.29 is 0 Å². The second-order valence-electron chi connectivity index (χ2n) is 4.54. The first-order valence-electron chi connectivity index (χ1n) is 6.22. The Bertz CT molecular complexity index is 565. The van der Waals surface area contributed by atoms with Gasteiger partial charge in [0, 0.05) is 6.04 Å². The Labute approximate surface area is 115 Å². The Morgan fingerprint density at radius 3 is 3.06 bits per heavy atom. The standard InChI is InChI=1S/C12H16N4S2/c1-2-15(9-5-6-9)8-16-12(17)13-11(14-16)10-4-3-7-18-10/h3-4,7,9H,2,5-6,8H2,1H3,(H,13,14,17). The average molecular weight is 280 g/mol. The summed E-state index contributed by atoms with van der Waals surface area (Å²) in [5, 5.41) is 5.35. The van der Waals surface area contributed by atoms with Crippen molar-refractivity contribution in [1.29, 1.82) is 0 Å². The molecule has 4 nitrogen and oxygen atoms in total. The van der Waals surface area contributed by atoms with Gasteiger partial charge in [-0.25, -0.2) is 4.68 Å². The molecule has 18 heavy (non-hydrogen) atoms. The van der Waals surface area contributed by atoms with Crippen LogP contribution in [0.5, 0.6) is 0 Å². The molecule has 1 N–H and O–H groups in total. The van der Waals surface area contributed by atoms with E-state index in [1.54, 1.807) is 11.3 Å². The molecule has 0 amide bonds. The first-order valence-corrected chi connectivity index (χ1v) is 7.51. The first kappa shape index (κ1) is 12.1. The monoisotopic (exact) mass is 280 g/mol. The molecule has 1 saturated carbocycles. The Balaban J connectivity index is 1.82. The predicted molar refractivity (Wildman–Crippen MR) is 76.1 cm³/mol. The highest BCUT2D eigenvalue weighted by atomic mass is 32.1. The minimum absolute atomic E-state index is 0.637. The van der Waals surface area contributed by atoms with Crippen molar-refractivity contribution in [2.75, 3.05) is 6.54 Å². The van der Waals surface area contributed by atoms with Crippen LogP contribution in [-0.2, 0) is 6.67 Å². The summed E-state index contributed by atoms with van der Waals surface area (Å²) in [7, 11) is 0. The van der Waals surface area contributed by atoms with Crippen molar-refractivity contribution in [2.24, 2.45) is 0 Å². The molecular weight excluding hydrogens is 264 g/mol. The maximum absolute atomic E-state index is 5.32. The number of nitrogens with one attached hydrogen (secondary N) is 1. The topological polar surface area (TPSA) is 36.9 Å². The van der Waals surface area contributed by atoms with E-state index in [2.05, 4.69) is 28.0 Å². The van der Waals surface area contributed by atoms with Gasteiger partial charge in [-0.05, 0) is 43.1 Å². The van der Waals surface area contributed by atoms with E-state index < -0.39 is 0 Å². The van der Waals surface area contributed by atoms with Crippen LogP contribution in [0.1, 0.15) is 19.8 Å². The molecule has 2 aromatic rings. The summed E-state index contributed by atoms with van der Waals surface area (Å²) < 4.78 is 2.60. The van der Waals surface area contributed by atoms with Gasteiger partial charge < -0.3 is 0 Å². The predicted octanol–water partition coefficient (Wildman–Crippen LogP) is 3.11. The average Bonchev–Trinajstić information content (AvgIpc) is 2.93. The molecule has 2 aromatic heterocycles. The van der Waals surface area contributed by atoms with E-state index in [0.29, 0.717) is 4.77 Å². The van der Waals surface area contributed by atoms with Crippen LogP contribution in [0.15, 0.2) is 17.5 Å². The number of aromatic nitrogens is 3. The van der Waals surface area contributed by atoms with Gasteiger partial charge in [0.25, 0.3) is 0 Å². The third kappa shape index (κ3) is 2.41. The van der Waals surface area contributed by atoms with Crippen molar-refractivity contribution in [3.8, 4) is 10.7 Å². The normalized spacial score (nSPS) is 15.4. The summed E-state index contributed by atoms with van der Waals surface area (Å²) >= 11 is 6.99. The van der Waals surface area contributed by atoms with Crippen molar-refractivity contribution >= 4 is 23.6 Å². The Hall–Kier alpha value is -0.980. The van der Waals surface area contributed by atoms with Gasteiger partial charge in [0.1, 0.15) is 0 Å². The molecule has 0 spiro atoms. The Morgan fingerprint density at radius 1 is 1.61 bits per heavy atom. The quantitative estimate of drug-likeness (QED) is 0.855. The van der Waals surface area contributed by atoms with E-state index in [4.69, 9.17) is 12.2 Å². The molecule has 0 aromatic carbocycles. The second-order valence-corrected chi connectivity index (χ2v) is 5.85. The fraction of sp³-hybridized carbons (Fsp3) is 0.500. The van der Waals surface area contributed by atoms with E-state index in [0.717, 1.165) is 30.0 Å². The summed E-state index contributed by atoms with van der Waals surface area (Å²) in [5.41, 5.74) is 0. The van der Waals surface area contributed by atoms with Crippen molar-refractivity contribution in [3.05, 3.63) is 22.3 Å². The van der Waals surface area contributed by atoms with Gasteiger partial charge >= 0.3 is 0 Å². The van der Waals surface area contributed by atoms with Gasteiger partial charge in [-0.3, -0.25) is 10.00 Å². The molecule has 0 bridgehead atoms. The largest absolute Gasteiger partial charge is 0.282 e. The van der Waals surface area contributed by atoms with Crippen LogP contribution in [0.3, 0.4) is 0 Å². The number of aromatic amines is 1. The number of hydrogen-bond donors (Lipinski definition) is 1. The summed E-state index contributed by atoms with van der Waals surface area (Å²) in [6.07, 6.45) is 2.63. The molecule has 0 aliphatic heterocycles. The third-order valence-corrected chi connectivity index (χ3v) is 4.41. The number of nitrogens with zero attached hydrogens (tertiary/aromatic N) is 3. The lowest BCUT2D eigenvalue weighted by molar-refractivity contribution is 0.206. The molecule has 2 heterocycles. The second kappa shape index (κ2) is 4.95. The van der Waals surface area contributed by atoms with Crippen LogP contribution in [0.4, 0.5) is 0 Å². The molecule has 0 unspecified atom stereocenters. The van der Waals surface area contributed by atoms with E-state index in [1.807, 2.05) is 16.1 Å². The fourth-order valence-electron chi connectivity index (χ4n) is 2.07. The van der Waals surface area contributed by atoms with Gasteiger partial charge in [0.2, 0.25) is 4.77 Å². The lowest BCUT2D eigenvalue weighted by atomic mass is 10.4. The highest BCUT2D eigenvalue weighted by molar-refractivity contribution is 7.71. The molecule has 1 fully saturated rings. The minimum Gasteiger partial charge on any atom is -0.282 e. The van der Waals surface area contributed by atoms with Gasteiger partial charge in [0.15, 0.2) is 5.82 Å². The van der Waals surface area contributed by atoms with Crippen molar-refractivity contribution in [2.45, 2.75) is 32.5 Å². The van der Waals surface area contributed by atoms with E-state index in [-0.39, 0.29) is 0 Å². The van der Waals surface area contributed by atoms with Gasteiger partial charge in [-0.1, -0.05) is 13.0 Å². The molecule has 1 aliphatic carbocycles. The highest BCUT2D eigenvalue weighted by Gasteiger charge is 2.28. The molecule has 0 atom stereocenters. The zero-order valence-electron chi connectivity index (χ0n) is 10.3. The van der Waals surface area contributed by atoms with Crippen LogP contribution < -0.4 is 0 Å². The van der Waals surface area contributed by atoms with Gasteiger partial charge in [-0.2, -0.15) is 4.98 Å². The number of H-pyrrole nitrogens is 1. The molecule has 96 valence electrons. The third-order valence-electron chi connectivity index (χ3n) is 3.23. The van der Waals surface area contributed by atoms with Crippen LogP contribution in [0, 0.1) is 4.77 Å². The lowest BCUT2D eigenvalue weighted by Crippen LogP contribution is -2.29. The van der Waals surface area contributed by atoms with E-state index in [9.17, 15) is 0 Å².